The van der Waals surface area contributed by atoms with Gasteiger partial charge in [0.1, 0.15) is 0 Å². The average molecular weight is 216 g/mol. The van der Waals surface area contributed by atoms with Crippen molar-refractivity contribution in [3.8, 4) is 0 Å². The van der Waals surface area contributed by atoms with Crippen molar-refractivity contribution in [3.05, 3.63) is 0 Å². The van der Waals surface area contributed by atoms with Crippen LogP contribution in [0.4, 0.5) is 0 Å². The first-order chi connectivity index (χ1) is 6.80. The highest BCUT2D eigenvalue weighted by Crippen LogP contribution is 2.07. The fourth-order valence-electron chi connectivity index (χ4n) is 1.32. The number of nitrogens with one attached hydrogen (secondary N) is 1. The first-order valence-electron chi connectivity index (χ1n) is 5.38. The Labute approximate surface area is 93.0 Å². The van der Waals surface area contributed by atoms with Gasteiger partial charge in [-0.25, -0.2) is 0 Å². The van der Waals surface area contributed by atoms with E-state index in [-0.39, 0.29) is 17.6 Å². The molecule has 0 aliphatic heterocycles. The summed E-state index contributed by atoms with van der Waals surface area (Å²) in [5.74, 6) is 0.0855. The quantitative estimate of drug-likeness (QED) is 0.716. The molecular formula is C11H24N2O2. The van der Waals surface area contributed by atoms with Gasteiger partial charge < -0.3 is 15.0 Å². The molecule has 0 spiro atoms. The average Bonchev–Trinajstić information content (AvgIpc) is 2.13. The van der Waals surface area contributed by atoms with E-state index in [1.165, 1.54) is 0 Å². The highest BCUT2D eigenvalue weighted by Gasteiger charge is 2.21. The van der Waals surface area contributed by atoms with Crippen molar-refractivity contribution in [1.29, 1.82) is 0 Å². The standard InChI is InChI=1S/C11H24N2O2/c1-7-15-11(3,4)8-12-9(2)10(14)13(5)6/h9,12H,7-8H2,1-6H3. The summed E-state index contributed by atoms with van der Waals surface area (Å²) in [6.45, 7) is 9.21. The van der Waals surface area contributed by atoms with Crippen molar-refractivity contribution in [2.75, 3.05) is 27.2 Å². The van der Waals surface area contributed by atoms with Gasteiger partial charge in [0, 0.05) is 27.2 Å². The number of carbonyl (C=O) groups excluding carboxylic acids is 1. The number of hydrogen-bond donors (Lipinski definition) is 1. The van der Waals surface area contributed by atoms with Crippen LogP contribution < -0.4 is 5.32 Å². The summed E-state index contributed by atoms with van der Waals surface area (Å²) < 4.78 is 5.53. The van der Waals surface area contributed by atoms with Gasteiger partial charge in [-0.05, 0) is 27.7 Å². The maximum absolute atomic E-state index is 11.5. The summed E-state index contributed by atoms with van der Waals surface area (Å²) in [5, 5.41) is 3.17. The molecule has 4 nitrogen and oxygen atoms in total. The van der Waals surface area contributed by atoms with E-state index < -0.39 is 0 Å². The van der Waals surface area contributed by atoms with Crippen LogP contribution in [-0.2, 0) is 9.53 Å². The lowest BCUT2D eigenvalue weighted by Crippen LogP contribution is -2.47. The molecule has 0 saturated carbocycles. The molecular weight excluding hydrogens is 192 g/mol. The zero-order valence-electron chi connectivity index (χ0n) is 10.8. The Balaban J connectivity index is 3.99. The lowest BCUT2D eigenvalue weighted by atomic mass is 10.1. The Hall–Kier alpha value is -0.610. The van der Waals surface area contributed by atoms with E-state index in [4.69, 9.17) is 4.74 Å². The number of ether oxygens (including phenoxy) is 1. The molecule has 0 heterocycles. The molecule has 0 radical (unpaired) electrons. The maximum atomic E-state index is 11.5. The molecule has 0 saturated heterocycles. The zero-order valence-corrected chi connectivity index (χ0v) is 10.8. The Kier molecular flexibility index (Phi) is 5.83. The number of hydrogen-bond acceptors (Lipinski definition) is 3. The van der Waals surface area contributed by atoms with Gasteiger partial charge in [0.15, 0.2) is 0 Å². The minimum atomic E-state index is -0.227. The van der Waals surface area contributed by atoms with Crippen LogP contribution in [-0.4, -0.2) is 49.7 Å². The minimum Gasteiger partial charge on any atom is -0.375 e. The van der Waals surface area contributed by atoms with E-state index in [1.54, 1.807) is 19.0 Å². The Bertz CT molecular complexity index is 203. The third kappa shape index (κ3) is 5.74. The summed E-state index contributed by atoms with van der Waals surface area (Å²) >= 11 is 0. The van der Waals surface area contributed by atoms with E-state index in [2.05, 4.69) is 5.32 Å². The fraction of sp³-hybridized carbons (Fsp3) is 0.909. The molecule has 1 atom stereocenters. The fourth-order valence-corrected chi connectivity index (χ4v) is 1.32. The van der Waals surface area contributed by atoms with Crippen molar-refractivity contribution in [3.63, 3.8) is 0 Å². The summed E-state index contributed by atoms with van der Waals surface area (Å²) in [4.78, 5) is 13.1. The number of likely N-dealkylation sites (N-methyl/N-ethyl adjacent to an activating group) is 1. The normalized spacial score (nSPS) is 13.7. The van der Waals surface area contributed by atoms with E-state index in [0.717, 1.165) is 0 Å². The van der Waals surface area contributed by atoms with E-state index >= 15 is 0 Å². The lowest BCUT2D eigenvalue weighted by Gasteiger charge is -2.27. The second-order valence-corrected chi connectivity index (χ2v) is 4.53. The van der Waals surface area contributed by atoms with Crippen molar-refractivity contribution in [2.45, 2.75) is 39.3 Å². The number of amides is 1. The molecule has 1 amide bonds. The van der Waals surface area contributed by atoms with Crippen LogP contribution in [0.25, 0.3) is 0 Å². The third-order valence-electron chi connectivity index (χ3n) is 2.18. The lowest BCUT2D eigenvalue weighted by molar-refractivity contribution is -0.130. The highest BCUT2D eigenvalue weighted by atomic mass is 16.5. The number of carbonyl (C=O) groups is 1. The molecule has 0 aromatic rings. The molecule has 0 aromatic carbocycles. The van der Waals surface area contributed by atoms with Gasteiger partial charge in [-0.15, -0.1) is 0 Å². The molecule has 0 aromatic heterocycles. The van der Waals surface area contributed by atoms with Gasteiger partial charge in [-0.3, -0.25) is 4.79 Å². The Morgan fingerprint density at radius 3 is 2.40 bits per heavy atom. The molecule has 0 rings (SSSR count). The summed E-state index contributed by atoms with van der Waals surface area (Å²) in [5.41, 5.74) is -0.227. The van der Waals surface area contributed by atoms with Crippen LogP contribution in [0, 0.1) is 0 Å². The Morgan fingerprint density at radius 2 is 2.00 bits per heavy atom. The van der Waals surface area contributed by atoms with Crippen LogP contribution in [0.5, 0.6) is 0 Å². The van der Waals surface area contributed by atoms with Crippen molar-refractivity contribution < 1.29 is 9.53 Å². The third-order valence-corrected chi connectivity index (χ3v) is 2.18. The first kappa shape index (κ1) is 14.4. The summed E-state index contributed by atoms with van der Waals surface area (Å²) in [7, 11) is 3.52. The number of rotatable bonds is 6. The summed E-state index contributed by atoms with van der Waals surface area (Å²) in [6.07, 6.45) is 0. The molecule has 0 bridgehead atoms. The minimum absolute atomic E-state index is 0.0855. The Morgan fingerprint density at radius 1 is 1.47 bits per heavy atom. The monoisotopic (exact) mass is 216 g/mol. The molecule has 1 unspecified atom stereocenters. The predicted molar refractivity (Wildman–Crippen MR) is 61.9 cm³/mol. The molecule has 0 fully saturated rings. The van der Waals surface area contributed by atoms with Gasteiger partial charge in [-0.1, -0.05) is 0 Å². The van der Waals surface area contributed by atoms with Crippen LogP contribution in [0.3, 0.4) is 0 Å². The predicted octanol–water partition coefficient (Wildman–Crippen LogP) is 0.868. The van der Waals surface area contributed by atoms with Crippen molar-refractivity contribution in [1.82, 2.24) is 10.2 Å². The molecule has 90 valence electrons. The van der Waals surface area contributed by atoms with Crippen molar-refractivity contribution >= 4 is 5.91 Å². The second-order valence-electron chi connectivity index (χ2n) is 4.53. The van der Waals surface area contributed by atoms with E-state index in [0.29, 0.717) is 13.2 Å². The highest BCUT2D eigenvalue weighted by molar-refractivity contribution is 5.80. The van der Waals surface area contributed by atoms with Crippen LogP contribution in [0.1, 0.15) is 27.7 Å². The topological polar surface area (TPSA) is 41.6 Å². The molecule has 15 heavy (non-hydrogen) atoms. The maximum Gasteiger partial charge on any atom is 0.238 e. The SMILES string of the molecule is CCOC(C)(C)CNC(C)C(=O)N(C)C. The molecule has 1 N–H and O–H groups in total. The molecule has 0 aliphatic rings. The largest absolute Gasteiger partial charge is 0.375 e. The van der Waals surface area contributed by atoms with Gasteiger partial charge in [-0.2, -0.15) is 0 Å². The van der Waals surface area contributed by atoms with E-state index in [1.807, 2.05) is 27.7 Å². The first-order valence-corrected chi connectivity index (χ1v) is 5.38. The van der Waals surface area contributed by atoms with Gasteiger partial charge in [0.25, 0.3) is 0 Å². The summed E-state index contributed by atoms with van der Waals surface area (Å²) in [6, 6.07) is -0.167. The van der Waals surface area contributed by atoms with Crippen LogP contribution >= 0.6 is 0 Å². The van der Waals surface area contributed by atoms with Crippen LogP contribution in [0.2, 0.25) is 0 Å². The van der Waals surface area contributed by atoms with Crippen LogP contribution in [0.15, 0.2) is 0 Å². The van der Waals surface area contributed by atoms with Gasteiger partial charge in [0.2, 0.25) is 5.91 Å². The van der Waals surface area contributed by atoms with Gasteiger partial charge in [0.05, 0.1) is 11.6 Å². The van der Waals surface area contributed by atoms with Gasteiger partial charge >= 0.3 is 0 Å². The molecule has 0 aliphatic carbocycles. The second kappa shape index (κ2) is 6.08. The smallest absolute Gasteiger partial charge is 0.238 e. The van der Waals surface area contributed by atoms with E-state index in [9.17, 15) is 4.79 Å². The molecule has 4 heteroatoms. The number of nitrogens with zero attached hydrogens (tertiary/aromatic N) is 1. The zero-order chi connectivity index (χ0) is 12.1. The van der Waals surface area contributed by atoms with Crippen molar-refractivity contribution in [2.24, 2.45) is 0 Å².